The molecule has 20 heavy (non-hydrogen) atoms. The van der Waals surface area contributed by atoms with E-state index in [1.807, 2.05) is 23.9 Å². The number of benzene rings is 2. The summed E-state index contributed by atoms with van der Waals surface area (Å²) in [6.07, 6.45) is 0.982. The lowest BCUT2D eigenvalue weighted by Crippen LogP contribution is -1.98. The van der Waals surface area contributed by atoms with Crippen LogP contribution in [-0.4, -0.2) is 12.4 Å². The third kappa shape index (κ3) is 4.64. The molecule has 0 spiro atoms. The average Bonchev–Trinajstić information content (AvgIpc) is 2.47. The first-order valence-corrected chi connectivity index (χ1v) is 7.59. The molecule has 2 nitrogen and oxygen atoms in total. The van der Waals surface area contributed by atoms with Gasteiger partial charge in [0.1, 0.15) is 5.75 Å². The van der Waals surface area contributed by atoms with E-state index in [4.69, 9.17) is 10.00 Å². The molecule has 0 amide bonds. The number of hydrogen-bond donors (Lipinski definition) is 0. The first-order chi connectivity index (χ1) is 9.78. The monoisotopic (exact) mass is 283 g/mol. The molecule has 3 heteroatoms. The summed E-state index contributed by atoms with van der Waals surface area (Å²) in [7, 11) is 0. The first-order valence-electron chi connectivity index (χ1n) is 6.60. The summed E-state index contributed by atoms with van der Waals surface area (Å²) in [4.78, 5) is 1.30. The fourth-order valence-corrected chi connectivity index (χ4v) is 2.74. The molecule has 0 bridgehead atoms. The molecule has 0 radical (unpaired) electrons. The zero-order valence-corrected chi connectivity index (χ0v) is 12.3. The van der Waals surface area contributed by atoms with Gasteiger partial charge in [-0.05, 0) is 43.7 Å². The van der Waals surface area contributed by atoms with Crippen molar-refractivity contribution in [2.45, 2.75) is 18.2 Å². The Morgan fingerprint density at radius 2 is 2.00 bits per heavy atom. The van der Waals surface area contributed by atoms with Crippen LogP contribution >= 0.6 is 11.8 Å². The molecule has 0 N–H and O–H groups in total. The molecular formula is C17H17NOS. The summed E-state index contributed by atoms with van der Waals surface area (Å²) in [5.74, 6) is 1.80. The van der Waals surface area contributed by atoms with E-state index in [1.54, 1.807) is 12.1 Å². The van der Waals surface area contributed by atoms with Crippen LogP contribution in [0, 0.1) is 18.3 Å². The van der Waals surface area contributed by atoms with Gasteiger partial charge < -0.3 is 4.74 Å². The van der Waals surface area contributed by atoms with Crippen LogP contribution in [0.1, 0.15) is 17.5 Å². The smallest absolute Gasteiger partial charge is 0.120 e. The molecule has 0 aromatic heterocycles. The standard InChI is InChI=1S/C17H17NOS/c1-14-5-2-8-17(11-14)20-10-4-9-19-16-7-3-6-15(12-16)13-18/h2-3,5-8,11-12H,4,9-10H2,1H3. The van der Waals surface area contributed by atoms with Crippen LogP contribution in [-0.2, 0) is 0 Å². The van der Waals surface area contributed by atoms with E-state index >= 15 is 0 Å². The van der Waals surface area contributed by atoms with E-state index in [2.05, 4.69) is 37.3 Å². The summed E-state index contributed by atoms with van der Waals surface area (Å²) in [5, 5.41) is 8.81. The van der Waals surface area contributed by atoms with Crippen molar-refractivity contribution < 1.29 is 4.74 Å². The predicted molar refractivity (Wildman–Crippen MR) is 83.2 cm³/mol. The van der Waals surface area contributed by atoms with Crippen molar-refractivity contribution >= 4 is 11.8 Å². The highest BCUT2D eigenvalue weighted by Crippen LogP contribution is 2.20. The molecular weight excluding hydrogens is 266 g/mol. The van der Waals surface area contributed by atoms with Gasteiger partial charge in [-0.3, -0.25) is 0 Å². The minimum atomic E-state index is 0.636. The van der Waals surface area contributed by atoms with Gasteiger partial charge in [0.05, 0.1) is 18.2 Å². The second-order valence-corrected chi connectivity index (χ2v) is 5.67. The molecule has 2 aromatic carbocycles. The van der Waals surface area contributed by atoms with Gasteiger partial charge in [-0.1, -0.05) is 23.8 Å². The number of aryl methyl sites for hydroxylation is 1. The fourth-order valence-electron chi connectivity index (χ4n) is 1.80. The molecule has 2 rings (SSSR count). The minimum Gasteiger partial charge on any atom is -0.494 e. The normalized spacial score (nSPS) is 10.0. The minimum absolute atomic E-state index is 0.636. The number of thioether (sulfide) groups is 1. The number of ether oxygens (including phenoxy) is 1. The highest BCUT2D eigenvalue weighted by Gasteiger charge is 1.98. The Balaban J connectivity index is 1.70. The molecule has 0 aliphatic heterocycles. The highest BCUT2D eigenvalue weighted by atomic mass is 32.2. The summed E-state index contributed by atoms with van der Waals surface area (Å²) in [5.41, 5.74) is 1.93. The summed E-state index contributed by atoms with van der Waals surface area (Å²) in [6, 6.07) is 17.9. The molecule has 0 heterocycles. The Morgan fingerprint density at radius 1 is 1.15 bits per heavy atom. The summed E-state index contributed by atoms with van der Waals surface area (Å²) in [6.45, 7) is 2.78. The largest absolute Gasteiger partial charge is 0.494 e. The van der Waals surface area contributed by atoms with Crippen LogP contribution in [0.3, 0.4) is 0 Å². The van der Waals surface area contributed by atoms with E-state index in [0.717, 1.165) is 17.9 Å². The fraction of sp³-hybridized carbons (Fsp3) is 0.235. The van der Waals surface area contributed by atoms with Crippen molar-refractivity contribution in [2.75, 3.05) is 12.4 Å². The van der Waals surface area contributed by atoms with Gasteiger partial charge in [-0.2, -0.15) is 5.26 Å². The van der Waals surface area contributed by atoms with Gasteiger partial charge >= 0.3 is 0 Å². The predicted octanol–water partition coefficient (Wildman–Crippen LogP) is 4.43. The van der Waals surface area contributed by atoms with Crippen molar-refractivity contribution in [1.29, 1.82) is 5.26 Å². The maximum atomic E-state index is 8.81. The molecule has 0 fully saturated rings. The van der Waals surface area contributed by atoms with Crippen LogP contribution in [0.2, 0.25) is 0 Å². The molecule has 2 aromatic rings. The Kier molecular flexibility index (Phi) is 5.52. The van der Waals surface area contributed by atoms with Crippen molar-refractivity contribution in [1.82, 2.24) is 0 Å². The third-order valence-electron chi connectivity index (χ3n) is 2.78. The van der Waals surface area contributed by atoms with E-state index < -0.39 is 0 Å². The number of nitriles is 1. The molecule has 0 atom stereocenters. The first kappa shape index (κ1) is 14.5. The molecule has 0 aliphatic carbocycles. The number of nitrogens with zero attached hydrogens (tertiary/aromatic N) is 1. The van der Waals surface area contributed by atoms with Crippen LogP contribution in [0.25, 0.3) is 0 Å². The Hall–Kier alpha value is -1.92. The maximum Gasteiger partial charge on any atom is 0.120 e. The molecule has 0 saturated heterocycles. The van der Waals surface area contributed by atoms with Gasteiger partial charge in [0, 0.05) is 10.6 Å². The molecule has 0 unspecified atom stereocenters. The van der Waals surface area contributed by atoms with Gasteiger partial charge in [-0.15, -0.1) is 11.8 Å². The molecule has 0 aliphatic rings. The zero-order valence-electron chi connectivity index (χ0n) is 11.5. The Morgan fingerprint density at radius 3 is 2.80 bits per heavy atom. The molecule has 0 saturated carbocycles. The summed E-state index contributed by atoms with van der Waals surface area (Å²) < 4.78 is 5.65. The van der Waals surface area contributed by atoms with E-state index in [0.29, 0.717) is 12.2 Å². The van der Waals surface area contributed by atoms with Crippen molar-refractivity contribution in [2.24, 2.45) is 0 Å². The Labute approximate surface area is 124 Å². The lowest BCUT2D eigenvalue weighted by Gasteiger charge is -2.06. The van der Waals surface area contributed by atoms with Crippen molar-refractivity contribution in [3.63, 3.8) is 0 Å². The average molecular weight is 283 g/mol. The van der Waals surface area contributed by atoms with Crippen LogP contribution in [0.5, 0.6) is 5.75 Å². The highest BCUT2D eigenvalue weighted by molar-refractivity contribution is 7.99. The molecule has 102 valence electrons. The van der Waals surface area contributed by atoms with Gasteiger partial charge in [0.25, 0.3) is 0 Å². The van der Waals surface area contributed by atoms with E-state index in [1.165, 1.54) is 10.5 Å². The maximum absolute atomic E-state index is 8.81. The van der Waals surface area contributed by atoms with Crippen LogP contribution in [0.15, 0.2) is 53.4 Å². The van der Waals surface area contributed by atoms with E-state index in [-0.39, 0.29) is 0 Å². The lowest BCUT2D eigenvalue weighted by molar-refractivity contribution is 0.318. The lowest BCUT2D eigenvalue weighted by atomic mass is 10.2. The van der Waals surface area contributed by atoms with Crippen LogP contribution < -0.4 is 4.74 Å². The van der Waals surface area contributed by atoms with E-state index in [9.17, 15) is 0 Å². The second kappa shape index (κ2) is 7.62. The van der Waals surface area contributed by atoms with Gasteiger partial charge in [-0.25, -0.2) is 0 Å². The number of hydrogen-bond acceptors (Lipinski definition) is 3. The van der Waals surface area contributed by atoms with Gasteiger partial charge in [0.2, 0.25) is 0 Å². The SMILES string of the molecule is Cc1cccc(SCCCOc2cccc(C#N)c2)c1. The topological polar surface area (TPSA) is 33.0 Å². The quantitative estimate of drug-likeness (QED) is 0.581. The van der Waals surface area contributed by atoms with Gasteiger partial charge in [0.15, 0.2) is 0 Å². The van der Waals surface area contributed by atoms with Crippen LogP contribution in [0.4, 0.5) is 0 Å². The second-order valence-electron chi connectivity index (χ2n) is 4.51. The Bertz CT molecular complexity index is 604. The number of rotatable bonds is 6. The van der Waals surface area contributed by atoms with Crippen molar-refractivity contribution in [3.05, 3.63) is 59.7 Å². The summed E-state index contributed by atoms with van der Waals surface area (Å²) >= 11 is 1.85. The third-order valence-corrected chi connectivity index (χ3v) is 3.86. The zero-order chi connectivity index (χ0) is 14.2. The van der Waals surface area contributed by atoms with Crippen molar-refractivity contribution in [3.8, 4) is 11.8 Å².